The highest BCUT2D eigenvalue weighted by atomic mass is 15.2. The summed E-state index contributed by atoms with van der Waals surface area (Å²) in [6.45, 7) is 8.55. The quantitative estimate of drug-likeness (QED) is 0.840. The van der Waals surface area contributed by atoms with Crippen molar-refractivity contribution in [1.29, 1.82) is 0 Å². The fourth-order valence-corrected chi connectivity index (χ4v) is 2.25. The molecule has 0 aromatic carbocycles. The lowest BCUT2D eigenvalue weighted by Crippen LogP contribution is -2.20. The van der Waals surface area contributed by atoms with Crippen molar-refractivity contribution in [3.05, 3.63) is 23.4 Å². The van der Waals surface area contributed by atoms with E-state index in [1.54, 1.807) is 0 Å². The minimum atomic E-state index is 0.921. The zero-order valence-corrected chi connectivity index (χ0v) is 10.3. The highest BCUT2D eigenvalue weighted by molar-refractivity contribution is 5.48. The Hall–Kier alpha value is -1.09. The van der Waals surface area contributed by atoms with Crippen molar-refractivity contribution in [3.63, 3.8) is 0 Å². The Balaban J connectivity index is 2.09. The number of hydrogen-bond acceptors (Lipinski definition) is 3. The largest absolute Gasteiger partial charge is 0.356 e. The summed E-state index contributed by atoms with van der Waals surface area (Å²) in [5, 5.41) is 3.33. The number of anilines is 1. The average Bonchev–Trinajstić information content (AvgIpc) is 2.80. The van der Waals surface area contributed by atoms with Crippen LogP contribution >= 0.6 is 0 Å². The normalized spacial score (nSPS) is 15.8. The number of nitrogens with zero attached hydrogens (tertiary/aromatic N) is 2. The van der Waals surface area contributed by atoms with Crippen LogP contribution in [0.25, 0.3) is 0 Å². The second-order valence-electron chi connectivity index (χ2n) is 4.46. The summed E-state index contributed by atoms with van der Waals surface area (Å²) in [6.07, 6.45) is 4.61. The maximum Gasteiger partial charge on any atom is 0.131 e. The summed E-state index contributed by atoms with van der Waals surface area (Å²) in [4.78, 5) is 6.99. The molecule has 0 saturated carbocycles. The molecular formula is C13H21N3. The lowest BCUT2D eigenvalue weighted by molar-refractivity contribution is 0.723. The molecule has 2 rings (SSSR count). The molecule has 1 aromatic rings. The number of pyridine rings is 1. The lowest BCUT2D eigenvalue weighted by Gasteiger charge is -2.19. The van der Waals surface area contributed by atoms with Gasteiger partial charge in [-0.05, 0) is 43.5 Å². The molecule has 0 radical (unpaired) electrons. The van der Waals surface area contributed by atoms with Crippen molar-refractivity contribution < 1.29 is 0 Å². The van der Waals surface area contributed by atoms with Crippen molar-refractivity contribution in [2.75, 3.05) is 24.5 Å². The molecule has 1 aliphatic heterocycles. The van der Waals surface area contributed by atoms with Crippen LogP contribution in [-0.2, 0) is 6.54 Å². The van der Waals surface area contributed by atoms with Gasteiger partial charge in [0.2, 0.25) is 0 Å². The van der Waals surface area contributed by atoms with Gasteiger partial charge in [-0.3, -0.25) is 0 Å². The SMILES string of the molecule is CCNCc1cnc(N2CCCC2)c(C)c1. The fraction of sp³-hybridized carbons (Fsp3) is 0.615. The van der Waals surface area contributed by atoms with Crippen LogP contribution in [-0.4, -0.2) is 24.6 Å². The maximum atomic E-state index is 4.60. The third kappa shape index (κ3) is 2.53. The molecule has 0 aliphatic carbocycles. The van der Waals surface area contributed by atoms with Crippen LogP contribution in [0.2, 0.25) is 0 Å². The molecule has 1 fully saturated rings. The van der Waals surface area contributed by atoms with Gasteiger partial charge in [0.1, 0.15) is 5.82 Å². The molecular weight excluding hydrogens is 198 g/mol. The van der Waals surface area contributed by atoms with E-state index in [9.17, 15) is 0 Å². The zero-order valence-electron chi connectivity index (χ0n) is 10.3. The molecule has 88 valence electrons. The minimum Gasteiger partial charge on any atom is -0.356 e. The van der Waals surface area contributed by atoms with Crippen molar-refractivity contribution in [2.45, 2.75) is 33.2 Å². The molecule has 1 aliphatic rings. The molecule has 1 N–H and O–H groups in total. The Morgan fingerprint density at radius 1 is 1.38 bits per heavy atom. The van der Waals surface area contributed by atoms with Crippen LogP contribution in [0.1, 0.15) is 30.9 Å². The van der Waals surface area contributed by atoms with Gasteiger partial charge < -0.3 is 10.2 Å². The van der Waals surface area contributed by atoms with Crippen LogP contribution in [0.4, 0.5) is 5.82 Å². The van der Waals surface area contributed by atoms with E-state index in [1.807, 2.05) is 6.20 Å². The predicted octanol–water partition coefficient (Wildman–Crippen LogP) is 2.10. The molecule has 1 aromatic heterocycles. The van der Waals surface area contributed by atoms with Gasteiger partial charge in [-0.15, -0.1) is 0 Å². The number of rotatable bonds is 4. The van der Waals surface area contributed by atoms with E-state index < -0.39 is 0 Å². The summed E-state index contributed by atoms with van der Waals surface area (Å²) >= 11 is 0. The van der Waals surface area contributed by atoms with Gasteiger partial charge in [-0.25, -0.2) is 4.98 Å². The van der Waals surface area contributed by atoms with Gasteiger partial charge in [0.15, 0.2) is 0 Å². The molecule has 0 spiro atoms. The van der Waals surface area contributed by atoms with Gasteiger partial charge in [-0.2, -0.15) is 0 Å². The van der Waals surface area contributed by atoms with Gasteiger partial charge in [-0.1, -0.05) is 6.92 Å². The monoisotopic (exact) mass is 219 g/mol. The predicted molar refractivity (Wildman–Crippen MR) is 67.8 cm³/mol. The maximum absolute atomic E-state index is 4.60. The number of nitrogens with one attached hydrogen (secondary N) is 1. The van der Waals surface area contributed by atoms with Crippen molar-refractivity contribution in [3.8, 4) is 0 Å². The van der Waals surface area contributed by atoms with Crippen LogP contribution in [0, 0.1) is 6.92 Å². The first-order valence-electron chi connectivity index (χ1n) is 6.22. The second kappa shape index (κ2) is 5.30. The molecule has 0 bridgehead atoms. The first kappa shape index (κ1) is 11.4. The van der Waals surface area contributed by atoms with Crippen LogP contribution < -0.4 is 10.2 Å². The van der Waals surface area contributed by atoms with E-state index in [0.717, 1.165) is 13.1 Å². The van der Waals surface area contributed by atoms with Gasteiger partial charge in [0.05, 0.1) is 0 Å². The number of aryl methyl sites for hydroxylation is 1. The Morgan fingerprint density at radius 2 is 2.12 bits per heavy atom. The molecule has 1 saturated heterocycles. The van der Waals surface area contributed by atoms with E-state index >= 15 is 0 Å². The summed E-state index contributed by atoms with van der Waals surface area (Å²) in [5.74, 6) is 1.18. The Bertz CT molecular complexity index is 343. The van der Waals surface area contributed by atoms with Crippen LogP contribution in [0.5, 0.6) is 0 Å². The minimum absolute atomic E-state index is 0.921. The van der Waals surface area contributed by atoms with E-state index in [4.69, 9.17) is 0 Å². The first-order chi connectivity index (χ1) is 7.81. The molecule has 2 heterocycles. The van der Waals surface area contributed by atoms with Gasteiger partial charge >= 0.3 is 0 Å². The Labute approximate surface area is 97.9 Å². The van der Waals surface area contributed by atoms with Crippen molar-refractivity contribution in [1.82, 2.24) is 10.3 Å². The van der Waals surface area contributed by atoms with Crippen LogP contribution in [0.15, 0.2) is 12.3 Å². The number of hydrogen-bond donors (Lipinski definition) is 1. The Kier molecular flexibility index (Phi) is 3.78. The molecule has 0 amide bonds. The van der Waals surface area contributed by atoms with E-state index in [0.29, 0.717) is 0 Å². The zero-order chi connectivity index (χ0) is 11.4. The summed E-state index contributed by atoms with van der Waals surface area (Å²) in [5.41, 5.74) is 2.58. The molecule has 3 nitrogen and oxygen atoms in total. The van der Waals surface area contributed by atoms with Gasteiger partial charge in [0.25, 0.3) is 0 Å². The number of aromatic nitrogens is 1. The first-order valence-corrected chi connectivity index (χ1v) is 6.22. The van der Waals surface area contributed by atoms with Gasteiger partial charge in [0, 0.05) is 25.8 Å². The summed E-state index contributed by atoms with van der Waals surface area (Å²) < 4.78 is 0. The van der Waals surface area contributed by atoms with E-state index in [-0.39, 0.29) is 0 Å². The highest BCUT2D eigenvalue weighted by Crippen LogP contribution is 2.22. The standard InChI is InChI=1S/C13H21N3/c1-3-14-9-12-8-11(2)13(15-10-12)16-6-4-5-7-16/h8,10,14H,3-7,9H2,1-2H3. The second-order valence-corrected chi connectivity index (χ2v) is 4.46. The van der Waals surface area contributed by atoms with E-state index in [1.165, 1.54) is 42.9 Å². The average molecular weight is 219 g/mol. The smallest absolute Gasteiger partial charge is 0.131 e. The fourth-order valence-electron chi connectivity index (χ4n) is 2.25. The van der Waals surface area contributed by atoms with Crippen molar-refractivity contribution >= 4 is 5.82 Å². The molecule has 16 heavy (non-hydrogen) atoms. The Morgan fingerprint density at radius 3 is 2.75 bits per heavy atom. The lowest BCUT2D eigenvalue weighted by atomic mass is 10.2. The molecule has 3 heteroatoms. The van der Waals surface area contributed by atoms with Crippen LogP contribution in [0.3, 0.4) is 0 Å². The molecule has 0 atom stereocenters. The molecule has 0 unspecified atom stereocenters. The third-order valence-corrected chi connectivity index (χ3v) is 3.09. The third-order valence-electron chi connectivity index (χ3n) is 3.09. The van der Waals surface area contributed by atoms with E-state index in [2.05, 4.69) is 35.1 Å². The highest BCUT2D eigenvalue weighted by Gasteiger charge is 2.15. The summed E-state index contributed by atoms with van der Waals surface area (Å²) in [7, 11) is 0. The topological polar surface area (TPSA) is 28.2 Å². The summed E-state index contributed by atoms with van der Waals surface area (Å²) in [6, 6.07) is 2.25. The van der Waals surface area contributed by atoms with Crippen molar-refractivity contribution in [2.24, 2.45) is 0 Å².